The minimum absolute atomic E-state index is 0.184. The molecule has 2 aromatic rings. The van der Waals surface area contributed by atoms with Gasteiger partial charge >= 0.3 is 0 Å². The summed E-state index contributed by atoms with van der Waals surface area (Å²) < 4.78 is 0. The summed E-state index contributed by atoms with van der Waals surface area (Å²) in [7, 11) is 2.23. The summed E-state index contributed by atoms with van der Waals surface area (Å²) in [5.41, 5.74) is 3.51. The number of likely N-dealkylation sites (N-methyl/N-ethyl adjacent to an activating group) is 1. The first-order valence-corrected chi connectivity index (χ1v) is 8.64. The second kappa shape index (κ2) is 7.24. The lowest BCUT2D eigenvalue weighted by Crippen LogP contribution is -3.12. The average Bonchev–Trinajstić information content (AvgIpc) is 2.56. The van der Waals surface area contributed by atoms with Crippen molar-refractivity contribution in [2.75, 3.05) is 43.4 Å². The number of nitrogens with zero attached hydrogens (tertiary/aromatic N) is 1. The summed E-state index contributed by atoms with van der Waals surface area (Å²) in [5, 5.41) is 3.39. The van der Waals surface area contributed by atoms with Crippen molar-refractivity contribution in [2.24, 2.45) is 0 Å². The number of halogens is 1. The van der Waals surface area contributed by atoms with E-state index < -0.39 is 0 Å². The molecule has 0 spiro atoms. The summed E-state index contributed by atoms with van der Waals surface area (Å²) in [5.74, 6) is -0.184. The van der Waals surface area contributed by atoms with Crippen LogP contribution in [0.3, 0.4) is 0 Å². The fourth-order valence-corrected chi connectivity index (χ4v) is 3.23. The molecule has 126 valence electrons. The van der Waals surface area contributed by atoms with Crippen molar-refractivity contribution >= 4 is 28.9 Å². The number of carbonyl (C=O) groups excluding carboxylic acids is 1. The quantitative estimate of drug-likeness (QED) is 0.896. The number of amides is 1. The molecule has 2 aromatic carbocycles. The van der Waals surface area contributed by atoms with Crippen molar-refractivity contribution in [2.45, 2.75) is 6.92 Å². The molecule has 1 fully saturated rings. The van der Waals surface area contributed by atoms with E-state index in [4.69, 9.17) is 11.6 Å². The van der Waals surface area contributed by atoms with E-state index >= 15 is 0 Å². The van der Waals surface area contributed by atoms with E-state index in [-0.39, 0.29) is 5.91 Å². The predicted octanol–water partition coefficient (Wildman–Crippen LogP) is 2.24. The second-order valence-corrected chi connectivity index (χ2v) is 6.84. The van der Waals surface area contributed by atoms with Crippen molar-refractivity contribution in [1.29, 1.82) is 0 Å². The molecule has 0 saturated carbocycles. The molecule has 1 heterocycles. The van der Waals surface area contributed by atoms with Crippen LogP contribution in [-0.4, -0.2) is 39.1 Å². The Morgan fingerprint density at radius 3 is 2.42 bits per heavy atom. The largest absolute Gasteiger partial charge is 0.360 e. The van der Waals surface area contributed by atoms with E-state index in [1.54, 1.807) is 17.0 Å². The van der Waals surface area contributed by atoms with Gasteiger partial charge in [-0.3, -0.25) is 4.79 Å². The van der Waals surface area contributed by atoms with Crippen LogP contribution in [0.5, 0.6) is 0 Å². The van der Waals surface area contributed by atoms with E-state index in [0.29, 0.717) is 10.6 Å². The monoisotopic (exact) mass is 344 g/mol. The van der Waals surface area contributed by atoms with E-state index in [1.807, 2.05) is 25.1 Å². The molecule has 0 bridgehead atoms. The lowest BCUT2D eigenvalue weighted by Gasteiger charge is -2.31. The Morgan fingerprint density at radius 1 is 1.12 bits per heavy atom. The smallest absolute Gasteiger partial charge is 0.257 e. The minimum Gasteiger partial charge on any atom is -0.360 e. The first kappa shape index (κ1) is 16.8. The highest BCUT2D eigenvalue weighted by Crippen LogP contribution is 2.21. The van der Waals surface area contributed by atoms with Crippen LogP contribution in [0.1, 0.15) is 15.9 Å². The van der Waals surface area contributed by atoms with E-state index in [1.165, 1.54) is 5.69 Å². The number of quaternary nitrogens is 1. The fourth-order valence-electron chi connectivity index (χ4n) is 2.90. The van der Waals surface area contributed by atoms with Crippen molar-refractivity contribution in [1.82, 2.24) is 0 Å². The number of rotatable bonds is 3. The molecule has 5 heteroatoms. The van der Waals surface area contributed by atoms with Gasteiger partial charge < -0.3 is 15.1 Å². The molecule has 1 amide bonds. The Kier molecular flexibility index (Phi) is 5.07. The summed E-state index contributed by atoms with van der Waals surface area (Å²) >= 11 is 6.16. The third-order valence-corrected chi connectivity index (χ3v) is 4.79. The molecule has 0 radical (unpaired) electrons. The Hall–Kier alpha value is -2.04. The van der Waals surface area contributed by atoms with Crippen LogP contribution in [-0.2, 0) is 0 Å². The molecule has 1 aliphatic heterocycles. The maximum Gasteiger partial charge on any atom is 0.257 e. The summed E-state index contributed by atoms with van der Waals surface area (Å²) in [6.45, 7) is 6.40. The summed E-state index contributed by atoms with van der Waals surface area (Å²) in [6, 6.07) is 13.5. The molecule has 2 N–H and O–H groups in total. The van der Waals surface area contributed by atoms with Crippen molar-refractivity contribution in [3.63, 3.8) is 0 Å². The maximum absolute atomic E-state index is 12.4. The number of hydrogen-bond acceptors (Lipinski definition) is 2. The van der Waals surface area contributed by atoms with Gasteiger partial charge in [0.25, 0.3) is 5.91 Å². The zero-order chi connectivity index (χ0) is 17.1. The van der Waals surface area contributed by atoms with Gasteiger partial charge in [0.15, 0.2) is 0 Å². The van der Waals surface area contributed by atoms with Crippen LogP contribution in [0, 0.1) is 6.92 Å². The SMILES string of the molecule is Cc1ccc(C(=O)Nc2ccc(N3CC[NH+](C)CC3)cc2)c(Cl)c1. The molecular weight excluding hydrogens is 322 g/mol. The van der Waals surface area contributed by atoms with Crippen molar-refractivity contribution in [3.05, 3.63) is 58.6 Å². The maximum atomic E-state index is 12.4. The molecule has 4 nitrogen and oxygen atoms in total. The Balaban J connectivity index is 1.66. The van der Waals surface area contributed by atoms with Gasteiger partial charge in [0.2, 0.25) is 0 Å². The van der Waals surface area contributed by atoms with E-state index in [9.17, 15) is 4.79 Å². The summed E-state index contributed by atoms with van der Waals surface area (Å²) in [4.78, 5) is 16.3. The topological polar surface area (TPSA) is 36.8 Å². The van der Waals surface area contributed by atoms with Gasteiger partial charge in [0.05, 0.1) is 43.8 Å². The molecular formula is C19H23ClN3O+. The van der Waals surface area contributed by atoms with Crippen molar-refractivity contribution in [3.8, 4) is 0 Å². The molecule has 1 aliphatic rings. The van der Waals surface area contributed by atoms with Crippen molar-refractivity contribution < 1.29 is 9.69 Å². The zero-order valence-corrected chi connectivity index (χ0v) is 14.9. The average molecular weight is 345 g/mol. The van der Waals surface area contributed by atoms with Gasteiger partial charge in [-0.1, -0.05) is 17.7 Å². The molecule has 24 heavy (non-hydrogen) atoms. The Labute approximate surface area is 148 Å². The predicted molar refractivity (Wildman–Crippen MR) is 99.4 cm³/mol. The minimum atomic E-state index is -0.184. The Bertz CT molecular complexity index is 722. The van der Waals surface area contributed by atoms with E-state index in [2.05, 4.69) is 29.4 Å². The molecule has 0 atom stereocenters. The number of aryl methyl sites for hydroxylation is 1. The van der Waals surface area contributed by atoms with Crippen LogP contribution >= 0.6 is 11.6 Å². The number of benzene rings is 2. The Morgan fingerprint density at radius 2 is 1.79 bits per heavy atom. The first-order valence-electron chi connectivity index (χ1n) is 8.27. The molecule has 1 saturated heterocycles. The number of piperazine rings is 1. The molecule has 0 aliphatic carbocycles. The number of nitrogens with one attached hydrogen (secondary N) is 2. The molecule has 0 unspecified atom stereocenters. The fraction of sp³-hybridized carbons (Fsp3) is 0.316. The highest BCUT2D eigenvalue weighted by molar-refractivity contribution is 6.34. The van der Waals surface area contributed by atoms with Crippen LogP contribution in [0.4, 0.5) is 11.4 Å². The highest BCUT2D eigenvalue weighted by atomic mass is 35.5. The number of carbonyl (C=O) groups is 1. The van der Waals surface area contributed by atoms with Crippen LogP contribution in [0.15, 0.2) is 42.5 Å². The van der Waals surface area contributed by atoms with Crippen LogP contribution in [0.2, 0.25) is 5.02 Å². The standard InChI is InChI=1S/C19H22ClN3O/c1-14-3-8-17(18(20)13-14)19(24)21-15-4-6-16(7-5-15)23-11-9-22(2)10-12-23/h3-8,13H,9-12H2,1-2H3,(H,21,24)/p+1. The third kappa shape index (κ3) is 3.89. The molecule has 3 rings (SSSR count). The van der Waals surface area contributed by atoms with E-state index in [0.717, 1.165) is 37.4 Å². The lowest BCUT2D eigenvalue weighted by atomic mass is 10.1. The van der Waals surface area contributed by atoms with Crippen LogP contribution in [0.25, 0.3) is 0 Å². The van der Waals surface area contributed by atoms with Crippen LogP contribution < -0.4 is 15.1 Å². The molecule has 0 aromatic heterocycles. The lowest BCUT2D eigenvalue weighted by molar-refractivity contribution is -0.880. The van der Waals surface area contributed by atoms with Gasteiger partial charge in [0, 0.05) is 11.4 Å². The third-order valence-electron chi connectivity index (χ3n) is 4.48. The number of hydrogen-bond donors (Lipinski definition) is 2. The van der Waals surface area contributed by atoms with Gasteiger partial charge in [-0.15, -0.1) is 0 Å². The normalized spacial score (nSPS) is 15.4. The first-order chi connectivity index (χ1) is 11.5. The van der Waals surface area contributed by atoms with Gasteiger partial charge in [-0.2, -0.15) is 0 Å². The second-order valence-electron chi connectivity index (χ2n) is 6.43. The number of anilines is 2. The zero-order valence-electron chi connectivity index (χ0n) is 14.1. The van der Waals surface area contributed by atoms with Gasteiger partial charge in [-0.25, -0.2) is 0 Å². The van der Waals surface area contributed by atoms with Gasteiger partial charge in [-0.05, 0) is 48.9 Å². The summed E-state index contributed by atoms with van der Waals surface area (Å²) in [6.07, 6.45) is 0. The highest BCUT2D eigenvalue weighted by Gasteiger charge is 2.17. The van der Waals surface area contributed by atoms with Gasteiger partial charge in [0.1, 0.15) is 0 Å².